The Morgan fingerprint density at radius 3 is 2.74 bits per heavy atom. The second kappa shape index (κ2) is 9.18. The topological polar surface area (TPSA) is 94.8 Å². The lowest BCUT2D eigenvalue weighted by molar-refractivity contribution is -0.113. The minimum Gasteiger partial charge on any atom is -0.497 e. The predicted octanol–water partition coefficient (Wildman–Crippen LogP) is 3.80. The Hall–Kier alpha value is -3.38. The fraction of sp³-hybridized carbons (Fsp3) is 0.105. The van der Waals surface area contributed by atoms with Gasteiger partial charge < -0.3 is 10.1 Å². The molecule has 0 unspecified atom stereocenters. The fourth-order valence-corrected chi connectivity index (χ4v) is 3.99. The molecule has 4 aromatic rings. The number of methoxy groups -OCH3 is 1. The third kappa shape index (κ3) is 4.86. The van der Waals surface area contributed by atoms with E-state index in [-0.39, 0.29) is 11.7 Å². The Morgan fingerprint density at radius 2 is 2.00 bits per heavy atom. The Kier molecular flexibility index (Phi) is 6.18. The average Bonchev–Trinajstić information content (AvgIpc) is 3.44. The number of ether oxygens (including phenoxy) is 1. The monoisotopic (exact) mass is 460 g/mol. The highest BCUT2D eigenvalue weighted by Gasteiger charge is 2.14. The molecule has 8 nitrogen and oxygen atoms in total. The van der Waals surface area contributed by atoms with E-state index < -0.39 is 11.6 Å². The van der Waals surface area contributed by atoms with E-state index in [1.165, 1.54) is 22.1 Å². The molecule has 12 heteroatoms. The van der Waals surface area contributed by atoms with Crippen LogP contribution in [0.15, 0.2) is 53.0 Å². The van der Waals surface area contributed by atoms with Crippen LogP contribution in [0.1, 0.15) is 0 Å². The van der Waals surface area contributed by atoms with Crippen LogP contribution in [0.3, 0.4) is 0 Å². The predicted molar refractivity (Wildman–Crippen MR) is 113 cm³/mol. The molecule has 31 heavy (non-hydrogen) atoms. The Bertz CT molecular complexity index is 1210. The lowest BCUT2D eigenvalue weighted by Gasteiger charge is -2.05. The summed E-state index contributed by atoms with van der Waals surface area (Å²) in [7, 11) is 1.58. The normalized spacial score (nSPS) is 10.8. The maximum Gasteiger partial charge on any atom is 0.236 e. The zero-order chi connectivity index (χ0) is 21.8. The van der Waals surface area contributed by atoms with Crippen molar-refractivity contribution in [1.29, 1.82) is 0 Å². The van der Waals surface area contributed by atoms with E-state index >= 15 is 0 Å². The van der Waals surface area contributed by atoms with E-state index in [9.17, 15) is 13.6 Å². The van der Waals surface area contributed by atoms with Crippen LogP contribution in [0.25, 0.3) is 16.9 Å². The highest BCUT2D eigenvalue weighted by atomic mass is 32.2. The SMILES string of the molecule is COc1ccc(-n2nnnc2SCC(=O)Nc2nc(-c3ccc(F)c(F)c3)cs2)cc1. The summed E-state index contributed by atoms with van der Waals surface area (Å²) >= 11 is 2.35. The molecule has 0 saturated heterocycles. The van der Waals surface area contributed by atoms with Crippen molar-refractivity contribution in [2.24, 2.45) is 0 Å². The molecule has 158 valence electrons. The zero-order valence-corrected chi connectivity index (χ0v) is 17.6. The molecule has 2 aromatic carbocycles. The number of rotatable bonds is 7. The Morgan fingerprint density at radius 1 is 1.19 bits per heavy atom. The molecule has 0 bridgehead atoms. The molecular weight excluding hydrogens is 446 g/mol. The van der Waals surface area contributed by atoms with Gasteiger partial charge in [-0.05, 0) is 52.9 Å². The average molecular weight is 460 g/mol. The fourth-order valence-electron chi connectivity index (χ4n) is 2.56. The van der Waals surface area contributed by atoms with Crippen LogP contribution in [-0.2, 0) is 4.79 Å². The van der Waals surface area contributed by atoms with Crippen molar-refractivity contribution >= 4 is 34.1 Å². The van der Waals surface area contributed by atoms with Crippen molar-refractivity contribution in [3.05, 3.63) is 59.5 Å². The van der Waals surface area contributed by atoms with Crippen LogP contribution in [0.5, 0.6) is 5.75 Å². The number of halogens is 2. The first-order valence-electron chi connectivity index (χ1n) is 8.80. The molecule has 2 aromatic heterocycles. The van der Waals surface area contributed by atoms with Gasteiger partial charge in [0.15, 0.2) is 16.8 Å². The second-order valence-electron chi connectivity index (χ2n) is 6.07. The molecule has 4 rings (SSSR count). The smallest absolute Gasteiger partial charge is 0.236 e. The number of nitrogens with one attached hydrogen (secondary N) is 1. The summed E-state index contributed by atoms with van der Waals surface area (Å²) in [5.41, 5.74) is 1.59. The standard InChI is InChI=1S/C19H14F2N6O2S2/c1-29-13-5-3-12(4-6-13)27-19(24-25-26-27)31-10-17(28)23-18-22-16(9-30-18)11-2-7-14(20)15(21)8-11/h2-9H,10H2,1H3,(H,22,23,28). The first-order chi connectivity index (χ1) is 15.0. The van der Waals surface area contributed by atoms with Gasteiger partial charge in [-0.1, -0.05) is 11.8 Å². The van der Waals surface area contributed by atoms with Gasteiger partial charge >= 0.3 is 0 Å². The lowest BCUT2D eigenvalue weighted by atomic mass is 10.2. The van der Waals surface area contributed by atoms with Crippen LogP contribution >= 0.6 is 23.1 Å². The van der Waals surface area contributed by atoms with Gasteiger partial charge in [-0.3, -0.25) is 4.79 Å². The number of nitrogens with zero attached hydrogens (tertiary/aromatic N) is 5. The minimum atomic E-state index is -0.956. The number of thioether (sulfide) groups is 1. The maximum atomic E-state index is 13.4. The molecular formula is C19H14F2N6O2S2. The first kappa shape index (κ1) is 20.9. The molecule has 0 spiro atoms. The highest BCUT2D eigenvalue weighted by Crippen LogP contribution is 2.26. The van der Waals surface area contributed by atoms with Gasteiger partial charge in [-0.2, -0.15) is 4.68 Å². The summed E-state index contributed by atoms with van der Waals surface area (Å²) in [6.45, 7) is 0. The van der Waals surface area contributed by atoms with E-state index in [0.29, 0.717) is 27.3 Å². The summed E-state index contributed by atoms with van der Waals surface area (Å²) in [5.74, 6) is -1.43. The number of amides is 1. The summed E-state index contributed by atoms with van der Waals surface area (Å²) in [5, 5.41) is 16.7. The second-order valence-corrected chi connectivity index (χ2v) is 7.88. The number of benzene rings is 2. The number of aromatic nitrogens is 5. The van der Waals surface area contributed by atoms with Gasteiger partial charge in [-0.25, -0.2) is 13.8 Å². The van der Waals surface area contributed by atoms with Gasteiger partial charge in [0, 0.05) is 10.9 Å². The Balaban J connectivity index is 1.38. The van der Waals surface area contributed by atoms with Gasteiger partial charge in [0.2, 0.25) is 11.1 Å². The quantitative estimate of drug-likeness (QED) is 0.419. The molecule has 0 fully saturated rings. The van der Waals surface area contributed by atoms with Gasteiger partial charge in [-0.15, -0.1) is 16.4 Å². The van der Waals surface area contributed by atoms with Crippen LogP contribution in [0.2, 0.25) is 0 Å². The van der Waals surface area contributed by atoms with Crippen LogP contribution in [0, 0.1) is 11.6 Å². The van der Waals surface area contributed by atoms with Crippen LogP contribution in [-0.4, -0.2) is 44.0 Å². The van der Waals surface area contributed by atoms with Crippen molar-refractivity contribution < 1.29 is 18.3 Å². The molecule has 1 amide bonds. The summed E-state index contributed by atoms with van der Waals surface area (Å²) in [6, 6.07) is 10.7. The van der Waals surface area contributed by atoms with Gasteiger partial charge in [0.05, 0.1) is 24.2 Å². The van der Waals surface area contributed by atoms with Crippen molar-refractivity contribution in [3.63, 3.8) is 0 Å². The van der Waals surface area contributed by atoms with Crippen LogP contribution in [0.4, 0.5) is 13.9 Å². The molecule has 1 N–H and O–H groups in total. The molecule has 0 aliphatic carbocycles. The number of anilines is 1. The molecule has 2 heterocycles. The molecule has 0 aliphatic heterocycles. The summed E-state index contributed by atoms with van der Waals surface area (Å²) in [4.78, 5) is 16.6. The van der Waals surface area contributed by atoms with E-state index in [1.807, 2.05) is 0 Å². The van der Waals surface area contributed by atoms with E-state index in [2.05, 4.69) is 25.8 Å². The number of hydrogen-bond acceptors (Lipinski definition) is 8. The molecule has 0 atom stereocenters. The lowest BCUT2D eigenvalue weighted by Crippen LogP contribution is -2.14. The maximum absolute atomic E-state index is 13.4. The number of thiazole rings is 1. The third-order valence-electron chi connectivity index (χ3n) is 4.06. The number of hydrogen-bond donors (Lipinski definition) is 1. The molecule has 0 radical (unpaired) electrons. The number of carbonyl (C=O) groups excluding carboxylic acids is 1. The van der Waals surface area contributed by atoms with Crippen molar-refractivity contribution in [3.8, 4) is 22.7 Å². The largest absolute Gasteiger partial charge is 0.497 e. The summed E-state index contributed by atoms with van der Waals surface area (Å²) in [6.07, 6.45) is 0. The first-order valence-corrected chi connectivity index (χ1v) is 10.7. The highest BCUT2D eigenvalue weighted by molar-refractivity contribution is 7.99. The minimum absolute atomic E-state index is 0.0522. The van der Waals surface area contributed by atoms with Crippen molar-refractivity contribution in [2.45, 2.75) is 5.16 Å². The van der Waals surface area contributed by atoms with E-state index in [1.54, 1.807) is 36.8 Å². The zero-order valence-electron chi connectivity index (χ0n) is 16.0. The van der Waals surface area contributed by atoms with E-state index in [0.717, 1.165) is 29.6 Å². The molecule has 0 saturated carbocycles. The van der Waals surface area contributed by atoms with Gasteiger partial charge in [0.1, 0.15) is 5.75 Å². The van der Waals surface area contributed by atoms with Crippen molar-refractivity contribution in [1.82, 2.24) is 25.2 Å². The molecule has 0 aliphatic rings. The number of tetrazole rings is 1. The van der Waals surface area contributed by atoms with Crippen molar-refractivity contribution in [2.75, 3.05) is 18.2 Å². The van der Waals surface area contributed by atoms with Gasteiger partial charge in [0.25, 0.3) is 0 Å². The van der Waals surface area contributed by atoms with Crippen LogP contribution < -0.4 is 10.1 Å². The Labute approximate surface area is 183 Å². The summed E-state index contributed by atoms with van der Waals surface area (Å²) < 4.78 is 33.2. The van der Waals surface area contributed by atoms with E-state index in [4.69, 9.17) is 4.74 Å². The third-order valence-corrected chi connectivity index (χ3v) is 5.73. The number of carbonyl (C=O) groups is 1.